The van der Waals surface area contributed by atoms with Crippen LogP contribution in [0.1, 0.15) is 29.6 Å². The van der Waals surface area contributed by atoms with E-state index in [0.29, 0.717) is 5.56 Å². The van der Waals surface area contributed by atoms with E-state index in [9.17, 15) is 4.79 Å². The summed E-state index contributed by atoms with van der Waals surface area (Å²) in [6.07, 6.45) is 2.67. The van der Waals surface area contributed by atoms with Crippen molar-refractivity contribution < 1.29 is 10.0 Å². The molecule has 1 saturated carbocycles. The molecule has 1 fully saturated rings. The Morgan fingerprint density at radius 2 is 2.26 bits per heavy atom. The van der Waals surface area contributed by atoms with E-state index in [1.165, 1.54) is 0 Å². The van der Waals surface area contributed by atoms with Crippen LogP contribution in [0.25, 0.3) is 0 Å². The first-order chi connectivity index (χ1) is 9.11. The van der Waals surface area contributed by atoms with Gasteiger partial charge in [0, 0.05) is 21.1 Å². The number of nitrogens with zero attached hydrogens (tertiary/aromatic N) is 1. The van der Waals surface area contributed by atoms with Crippen molar-refractivity contribution in [1.29, 1.82) is 0 Å². The van der Waals surface area contributed by atoms with Gasteiger partial charge in [-0.1, -0.05) is 17.6 Å². The van der Waals surface area contributed by atoms with Crippen LogP contribution in [0.5, 0.6) is 0 Å². The second-order valence-corrected chi connectivity index (χ2v) is 5.90. The largest absolute Gasteiger partial charge is 0.409 e. The quantitative estimate of drug-likeness (QED) is 0.249. The van der Waals surface area contributed by atoms with Crippen molar-refractivity contribution in [2.45, 2.75) is 25.3 Å². The predicted octanol–water partition coefficient (Wildman–Crippen LogP) is 1.94. The summed E-state index contributed by atoms with van der Waals surface area (Å²) in [5.41, 5.74) is 6.29. The summed E-state index contributed by atoms with van der Waals surface area (Å²) >= 11 is 2.17. The van der Waals surface area contributed by atoms with E-state index < -0.39 is 0 Å². The van der Waals surface area contributed by atoms with Crippen molar-refractivity contribution in [1.82, 2.24) is 5.32 Å². The molecule has 1 aromatic carbocycles. The lowest BCUT2D eigenvalue weighted by Crippen LogP contribution is -2.42. The van der Waals surface area contributed by atoms with Crippen LogP contribution in [-0.4, -0.2) is 23.0 Å². The normalized spacial score (nSPS) is 23.3. The van der Waals surface area contributed by atoms with E-state index in [0.717, 1.165) is 22.8 Å². The van der Waals surface area contributed by atoms with E-state index in [1.807, 2.05) is 18.2 Å². The second-order valence-electron chi connectivity index (χ2n) is 4.65. The lowest BCUT2D eigenvalue weighted by atomic mass is 10.0. The Hall–Kier alpha value is -1.31. The third-order valence-electron chi connectivity index (χ3n) is 3.41. The number of hydrogen-bond acceptors (Lipinski definition) is 3. The van der Waals surface area contributed by atoms with E-state index in [2.05, 4.69) is 33.1 Å². The Labute approximate surface area is 125 Å². The Bertz CT molecular complexity index is 504. The van der Waals surface area contributed by atoms with E-state index in [1.54, 1.807) is 6.07 Å². The molecule has 5 nitrogen and oxygen atoms in total. The summed E-state index contributed by atoms with van der Waals surface area (Å²) in [6, 6.07) is 7.36. The Balaban J connectivity index is 2.06. The number of amides is 1. The Morgan fingerprint density at radius 3 is 2.95 bits per heavy atom. The molecule has 0 aromatic heterocycles. The highest BCUT2D eigenvalue weighted by atomic mass is 127. The van der Waals surface area contributed by atoms with Crippen LogP contribution in [0.15, 0.2) is 29.4 Å². The topological polar surface area (TPSA) is 87.7 Å². The van der Waals surface area contributed by atoms with Crippen molar-refractivity contribution >= 4 is 34.3 Å². The number of amidine groups is 1. The minimum absolute atomic E-state index is 0.0544. The molecule has 2 rings (SSSR count). The predicted molar refractivity (Wildman–Crippen MR) is 81.2 cm³/mol. The molecular formula is C13H16IN3O2. The number of carbonyl (C=O) groups is 1. The SMILES string of the molecule is NC(=NO)C1CCCC1NC(=O)c1cccc(I)c1. The zero-order chi connectivity index (χ0) is 13.8. The van der Waals surface area contributed by atoms with Gasteiger partial charge < -0.3 is 16.3 Å². The fourth-order valence-corrected chi connectivity index (χ4v) is 2.99. The van der Waals surface area contributed by atoms with Crippen LogP contribution < -0.4 is 11.1 Å². The standard InChI is InChI=1S/C13H16IN3O2/c14-9-4-1-3-8(7-9)13(18)16-11-6-2-5-10(11)12(15)17-19/h1,3-4,7,10-11,19H,2,5-6H2,(H2,15,17)(H,16,18). The molecule has 102 valence electrons. The first-order valence-corrected chi connectivity index (χ1v) is 7.23. The molecule has 1 amide bonds. The van der Waals surface area contributed by atoms with Gasteiger partial charge in [0.05, 0.1) is 0 Å². The summed E-state index contributed by atoms with van der Waals surface area (Å²) in [6.45, 7) is 0. The highest BCUT2D eigenvalue weighted by Gasteiger charge is 2.31. The molecule has 1 aliphatic rings. The number of benzene rings is 1. The number of nitrogens with one attached hydrogen (secondary N) is 1. The average Bonchev–Trinajstić information content (AvgIpc) is 2.86. The van der Waals surface area contributed by atoms with Crippen LogP contribution in [0, 0.1) is 9.49 Å². The molecule has 0 heterocycles. The van der Waals surface area contributed by atoms with Gasteiger partial charge in [0.15, 0.2) is 0 Å². The maximum Gasteiger partial charge on any atom is 0.251 e. The van der Waals surface area contributed by atoms with E-state index >= 15 is 0 Å². The van der Waals surface area contributed by atoms with Crippen molar-refractivity contribution in [3.63, 3.8) is 0 Å². The van der Waals surface area contributed by atoms with Crippen molar-refractivity contribution in [2.24, 2.45) is 16.8 Å². The fraction of sp³-hybridized carbons (Fsp3) is 0.385. The van der Waals surface area contributed by atoms with Crippen molar-refractivity contribution in [2.75, 3.05) is 0 Å². The van der Waals surface area contributed by atoms with Gasteiger partial charge >= 0.3 is 0 Å². The molecule has 4 N–H and O–H groups in total. The molecule has 2 atom stereocenters. The minimum Gasteiger partial charge on any atom is -0.409 e. The Morgan fingerprint density at radius 1 is 1.47 bits per heavy atom. The number of oxime groups is 1. The van der Waals surface area contributed by atoms with Crippen LogP contribution in [0.4, 0.5) is 0 Å². The number of hydrogen-bond donors (Lipinski definition) is 3. The molecule has 0 saturated heterocycles. The highest BCUT2D eigenvalue weighted by molar-refractivity contribution is 14.1. The van der Waals surface area contributed by atoms with Gasteiger partial charge in [-0.2, -0.15) is 0 Å². The second kappa shape index (κ2) is 6.23. The first kappa shape index (κ1) is 14.1. The van der Waals surface area contributed by atoms with Crippen LogP contribution in [0.3, 0.4) is 0 Å². The molecule has 0 aliphatic heterocycles. The first-order valence-electron chi connectivity index (χ1n) is 6.15. The van der Waals surface area contributed by atoms with Gasteiger partial charge in [-0.25, -0.2) is 0 Å². The zero-order valence-electron chi connectivity index (χ0n) is 10.3. The van der Waals surface area contributed by atoms with Gasteiger partial charge in [0.2, 0.25) is 0 Å². The molecule has 0 bridgehead atoms. The Kier molecular flexibility index (Phi) is 4.62. The molecule has 1 aliphatic carbocycles. The third-order valence-corrected chi connectivity index (χ3v) is 4.09. The minimum atomic E-state index is -0.110. The lowest BCUT2D eigenvalue weighted by Gasteiger charge is -2.19. The van der Waals surface area contributed by atoms with E-state index in [4.69, 9.17) is 10.9 Å². The van der Waals surface area contributed by atoms with E-state index in [-0.39, 0.29) is 23.7 Å². The summed E-state index contributed by atoms with van der Waals surface area (Å²) in [5, 5.41) is 14.8. The third kappa shape index (κ3) is 3.37. The van der Waals surface area contributed by atoms with Gasteiger partial charge in [-0.3, -0.25) is 4.79 Å². The smallest absolute Gasteiger partial charge is 0.251 e. The molecule has 2 unspecified atom stereocenters. The number of halogens is 1. The average molecular weight is 373 g/mol. The van der Waals surface area contributed by atoms with Gasteiger partial charge in [0.25, 0.3) is 5.91 Å². The monoisotopic (exact) mass is 373 g/mol. The van der Waals surface area contributed by atoms with Crippen LogP contribution >= 0.6 is 22.6 Å². The van der Waals surface area contributed by atoms with Gasteiger partial charge in [-0.05, 0) is 53.6 Å². The molecular weight excluding hydrogens is 357 g/mol. The summed E-state index contributed by atoms with van der Waals surface area (Å²) in [4.78, 5) is 12.2. The highest BCUT2D eigenvalue weighted by Crippen LogP contribution is 2.26. The number of nitrogens with two attached hydrogens (primary N) is 1. The summed E-state index contributed by atoms with van der Waals surface area (Å²) in [7, 11) is 0. The summed E-state index contributed by atoms with van der Waals surface area (Å²) < 4.78 is 1.02. The van der Waals surface area contributed by atoms with Crippen LogP contribution in [-0.2, 0) is 0 Å². The molecule has 6 heteroatoms. The molecule has 0 spiro atoms. The van der Waals surface area contributed by atoms with Crippen molar-refractivity contribution in [3.05, 3.63) is 33.4 Å². The van der Waals surface area contributed by atoms with Crippen LogP contribution in [0.2, 0.25) is 0 Å². The maximum atomic E-state index is 12.2. The fourth-order valence-electron chi connectivity index (χ4n) is 2.44. The number of carbonyl (C=O) groups excluding carboxylic acids is 1. The molecule has 0 radical (unpaired) electrons. The summed E-state index contributed by atoms with van der Waals surface area (Å²) in [5.74, 6) is 0.0170. The number of rotatable bonds is 3. The maximum absolute atomic E-state index is 12.2. The lowest BCUT2D eigenvalue weighted by molar-refractivity contribution is 0.0933. The molecule has 1 aromatic rings. The van der Waals surface area contributed by atoms with Gasteiger partial charge in [-0.15, -0.1) is 0 Å². The van der Waals surface area contributed by atoms with Gasteiger partial charge in [0.1, 0.15) is 5.84 Å². The molecule has 19 heavy (non-hydrogen) atoms. The zero-order valence-corrected chi connectivity index (χ0v) is 12.5. The van der Waals surface area contributed by atoms with Crippen molar-refractivity contribution in [3.8, 4) is 0 Å².